The highest BCUT2D eigenvalue weighted by Crippen LogP contribution is 2.37. The summed E-state index contributed by atoms with van der Waals surface area (Å²) in [5.74, 6) is 3.18. The molecule has 0 saturated carbocycles. The van der Waals surface area contributed by atoms with Crippen molar-refractivity contribution < 1.29 is 9.47 Å². The van der Waals surface area contributed by atoms with E-state index in [1.54, 1.807) is 14.2 Å². The van der Waals surface area contributed by atoms with E-state index in [9.17, 15) is 0 Å². The van der Waals surface area contributed by atoms with Crippen molar-refractivity contribution in [1.29, 1.82) is 10.8 Å². The summed E-state index contributed by atoms with van der Waals surface area (Å²) in [7, 11) is 3.34. The summed E-state index contributed by atoms with van der Waals surface area (Å²) in [4.78, 5) is 7.02. The number of fused-ring (bicyclic) bond motifs is 1. The van der Waals surface area contributed by atoms with Gasteiger partial charge in [-0.25, -0.2) is 0 Å². The number of piperidine rings is 1. The predicted octanol–water partition coefficient (Wildman–Crippen LogP) is 6.46. The summed E-state index contributed by atoms with van der Waals surface area (Å²) in [6.45, 7) is 15.9. The van der Waals surface area contributed by atoms with Crippen LogP contribution in [0.25, 0.3) is 10.9 Å². The molecule has 6 nitrogen and oxygen atoms in total. The Bertz CT molecular complexity index is 742. The molecule has 1 aromatic heterocycles. The number of ether oxygens (including phenoxy) is 2. The fourth-order valence-corrected chi connectivity index (χ4v) is 3.77. The van der Waals surface area contributed by atoms with Crippen LogP contribution in [0.1, 0.15) is 53.4 Å². The van der Waals surface area contributed by atoms with E-state index in [4.69, 9.17) is 20.3 Å². The Labute approximate surface area is 189 Å². The zero-order valence-electron chi connectivity index (χ0n) is 20.3. The number of pyridine rings is 1. The number of nitrogens with one attached hydrogen (secondary N) is 2. The lowest BCUT2D eigenvalue weighted by atomic mass is 9.89. The van der Waals surface area contributed by atoms with Gasteiger partial charge in [0.25, 0.3) is 0 Å². The Hall–Kier alpha value is -2.63. The van der Waals surface area contributed by atoms with Crippen molar-refractivity contribution in [1.82, 2.24) is 4.98 Å². The van der Waals surface area contributed by atoms with Crippen LogP contribution in [0.2, 0.25) is 0 Å². The lowest BCUT2D eigenvalue weighted by Crippen LogP contribution is -2.33. The van der Waals surface area contributed by atoms with Gasteiger partial charge in [-0.2, -0.15) is 0 Å². The van der Waals surface area contributed by atoms with Crippen LogP contribution in [0.4, 0.5) is 5.69 Å². The summed E-state index contributed by atoms with van der Waals surface area (Å²) >= 11 is 0. The maximum atomic E-state index is 5.50. The topological polar surface area (TPSA) is 82.3 Å². The summed E-state index contributed by atoms with van der Waals surface area (Å²) < 4.78 is 10.9. The quantitative estimate of drug-likeness (QED) is 0.515. The molecule has 1 saturated heterocycles. The molecule has 1 aliphatic heterocycles. The maximum absolute atomic E-state index is 5.50. The molecule has 0 atom stereocenters. The van der Waals surface area contributed by atoms with Gasteiger partial charge >= 0.3 is 0 Å². The van der Waals surface area contributed by atoms with Gasteiger partial charge in [0.2, 0.25) is 0 Å². The van der Waals surface area contributed by atoms with Gasteiger partial charge in [-0.15, -0.1) is 0 Å². The summed E-state index contributed by atoms with van der Waals surface area (Å²) in [5.41, 5.74) is 2.21. The SMILES string of the molecule is C=N.C=N.CC.COc1cc2nccc(N3CCC(CCC(C)C)CC3)c2cc1OC. The first kappa shape index (κ1) is 28.4. The lowest BCUT2D eigenvalue weighted by molar-refractivity contribution is 0.351. The van der Waals surface area contributed by atoms with E-state index in [1.807, 2.05) is 26.1 Å². The molecule has 2 N–H and O–H groups in total. The average Bonchev–Trinajstić information content (AvgIpc) is 2.85. The molecule has 1 aliphatic rings. The number of benzene rings is 1. The van der Waals surface area contributed by atoms with Crippen molar-refractivity contribution in [2.75, 3.05) is 32.2 Å². The second kappa shape index (κ2) is 16.1. The van der Waals surface area contributed by atoms with Crippen LogP contribution < -0.4 is 14.4 Å². The van der Waals surface area contributed by atoms with E-state index in [-0.39, 0.29) is 0 Å². The Morgan fingerprint density at radius 2 is 1.58 bits per heavy atom. The number of methoxy groups -OCH3 is 2. The molecular weight excluding hydrogens is 388 g/mol. The van der Waals surface area contributed by atoms with Crippen LogP contribution in [-0.4, -0.2) is 45.7 Å². The van der Waals surface area contributed by atoms with Crippen molar-refractivity contribution >= 4 is 30.0 Å². The van der Waals surface area contributed by atoms with Gasteiger partial charge in [-0.1, -0.05) is 40.5 Å². The van der Waals surface area contributed by atoms with Gasteiger partial charge < -0.3 is 25.2 Å². The molecule has 31 heavy (non-hydrogen) atoms. The molecule has 0 spiro atoms. The van der Waals surface area contributed by atoms with Gasteiger partial charge in [0.05, 0.1) is 19.7 Å². The number of anilines is 1. The molecule has 174 valence electrons. The molecule has 0 radical (unpaired) electrons. The normalized spacial score (nSPS) is 13.2. The molecule has 0 bridgehead atoms. The number of hydrogen-bond acceptors (Lipinski definition) is 6. The summed E-state index contributed by atoms with van der Waals surface area (Å²) in [6, 6.07) is 6.15. The molecule has 0 unspecified atom stereocenters. The van der Waals surface area contributed by atoms with Gasteiger partial charge in [-0.05, 0) is 50.2 Å². The van der Waals surface area contributed by atoms with Gasteiger partial charge in [0, 0.05) is 36.4 Å². The standard InChI is InChI=1S/C21H30N2O2.C2H6.2CH3N/c1-15(2)5-6-16-8-11-23(12-9-16)19-7-10-22-18-14-21(25-4)20(24-3)13-17(18)19;3*1-2/h7,10,13-16H,5-6,8-9,11-12H2,1-4H3;1-2H3;2*2H,1H2. The second-order valence-corrected chi connectivity index (χ2v) is 7.46. The minimum absolute atomic E-state index is 0.729. The van der Waals surface area contributed by atoms with E-state index in [0.717, 1.165) is 47.3 Å². The first-order chi connectivity index (χ1) is 15.1. The number of hydrogen-bond donors (Lipinski definition) is 2. The third kappa shape index (κ3) is 8.19. The van der Waals surface area contributed by atoms with E-state index in [1.165, 1.54) is 31.4 Å². The molecule has 0 amide bonds. The largest absolute Gasteiger partial charge is 0.493 e. The first-order valence-electron chi connectivity index (χ1n) is 11.1. The highest BCUT2D eigenvalue weighted by atomic mass is 16.5. The molecule has 1 aromatic carbocycles. The molecular formula is C25H42N4O2. The zero-order valence-corrected chi connectivity index (χ0v) is 20.3. The van der Waals surface area contributed by atoms with Crippen molar-refractivity contribution in [2.24, 2.45) is 11.8 Å². The second-order valence-electron chi connectivity index (χ2n) is 7.46. The molecule has 3 rings (SSSR count). The highest BCUT2D eigenvalue weighted by Gasteiger charge is 2.21. The molecule has 0 aliphatic carbocycles. The van der Waals surface area contributed by atoms with Crippen LogP contribution in [0, 0.1) is 22.7 Å². The van der Waals surface area contributed by atoms with Crippen molar-refractivity contribution in [3.05, 3.63) is 24.4 Å². The number of aromatic nitrogens is 1. The Kier molecular flexibility index (Phi) is 14.7. The average molecular weight is 431 g/mol. The fourth-order valence-electron chi connectivity index (χ4n) is 3.77. The number of rotatable bonds is 6. The van der Waals surface area contributed by atoms with Crippen LogP contribution in [-0.2, 0) is 0 Å². The third-order valence-electron chi connectivity index (χ3n) is 5.33. The van der Waals surface area contributed by atoms with Crippen LogP contribution in [0.5, 0.6) is 11.5 Å². The van der Waals surface area contributed by atoms with E-state index in [2.05, 4.69) is 49.3 Å². The molecule has 6 heteroatoms. The summed E-state index contributed by atoms with van der Waals surface area (Å²) in [5, 5.41) is 12.1. The Balaban J connectivity index is 0.00000138. The van der Waals surface area contributed by atoms with Crippen LogP contribution in [0.3, 0.4) is 0 Å². The number of nitrogens with zero attached hydrogens (tertiary/aromatic N) is 2. The van der Waals surface area contributed by atoms with Gasteiger partial charge in [-0.3, -0.25) is 4.98 Å². The monoisotopic (exact) mass is 430 g/mol. The van der Waals surface area contributed by atoms with Gasteiger partial charge in [0.1, 0.15) is 0 Å². The molecule has 2 heterocycles. The van der Waals surface area contributed by atoms with Gasteiger partial charge in [0.15, 0.2) is 11.5 Å². The minimum atomic E-state index is 0.729. The summed E-state index contributed by atoms with van der Waals surface area (Å²) in [6.07, 6.45) is 7.18. The first-order valence-corrected chi connectivity index (χ1v) is 11.1. The Morgan fingerprint density at radius 1 is 1.03 bits per heavy atom. The highest BCUT2D eigenvalue weighted by molar-refractivity contribution is 5.94. The van der Waals surface area contributed by atoms with Crippen LogP contribution in [0.15, 0.2) is 24.4 Å². The zero-order chi connectivity index (χ0) is 23.8. The van der Waals surface area contributed by atoms with Crippen molar-refractivity contribution in [3.63, 3.8) is 0 Å². The van der Waals surface area contributed by atoms with Crippen LogP contribution >= 0.6 is 0 Å². The van der Waals surface area contributed by atoms with Crippen molar-refractivity contribution in [3.8, 4) is 11.5 Å². The third-order valence-corrected chi connectivity index (χ3v) is 5.33. The van der Waals surface area contributed by atoms with E-state index >= 15 is 0 Å². The smallest absolute Gasteiger partial charge is 0.162 e. The van der Waals surface area contributed by atoms with E-state index in [0.29, 0.717) is 0 Å². The predicted molar refractivity (Wildman–Crippen MR) is 135 cm³/mol. The molecule has 1 fully saturated rings. The minimum Gasteiger partial charge on any atom is -0.493 e. The fraction of sp³-hybridized carbons (Fsp3) is 0.560. The van der Waals surface area contributed by atoms with Crippen molar-refractivity contribution in [2.45, 2.75) is 53.4 Å². The molecule has 2 aromatic rings. The Morgan fingerprint density at radius 3 is 2.10 bits per heavy atom. The van der Waals surface area contributed by atoms with E-state index < -0.39 is 0 Å². The lowest BCUT2D eigenvalue weighted by Gasteiger charge is -2.34. The maximum Gasteiger partial charge on any atom is 0.162 e.